The molecule has 3 saturated carbocycles. The predicted octanol–water partition coefficient (Wildman–Crippen LogP) is 7.69. The van der Waals surface area contributed by atoms with Crippen molar-refractivity contribution in [2.45, 2.75) is 130 Å². The molecular weight excluding hydrogens is 430 g/mol. The summed E-state index contributed by atoms with van der Waals surface area (Å²) in [6, 6.07) is -0.0628. The van der Waals surface area contributed by atoms with Gasteiger partial charge in [0.05, 0.1) is 0 Å². The molecule has 3 heteroatoms. The Balaban J connectivity index is 1.24. The molecule has 35 heavy (non-hydrogen) atoms. The second-order valence-electron chi connectivity index (χ2n) is 14.2. The molecule has 4 fully saturated rings. The first-order valence-electron chi connectivity index (χ1n) is 15.4. The minimum absolute atomic E-state index is 0.00154. The van der Waals surface area contributed by atoms with Crippen molar-refractivity contribution in [3.05, 3.63) is 11.6 Å². The molecule has 1 heterocycles. The van der Waals surface area contributed by atoms with Gasteiger partial charge in [0.2, 0.25) is 0 Å². The van der Waals surface area contributed by atoms with Gasteiger partial charge in [-0.15, -0.1) is 0 Å². The van der Waals surface area contributed by atoms with Crippen LogP contribution in [0.25, 0.3) is 0 Å². The van der Waals surface area contributed by atoms with Crippen LogP contribution in [-0.2, 0) is 9.53 Å². The first-order valence-corrected chi connectivity index (χ1v) is 15.4. The number of hydrogen-bond donors (Lipinski definition) is 1. The van der Waals surface area contributed by atoms with E-state index < -0.39 is 0 Å². The summed E-state index contributed by atoms with van der Waals surface area (Å²) in [5, 5.41) is 3.31. The van der Waals surface area contributed by atoms with Crippen LogP contribution in [0.4, 0.5) is 0 Å². The van der Waals surface area contributed by atoms with E-state index in [1.807, 2.05) is 0 Å². The van der Waals surface area contributed by atoms with Crippen LogP contribution in [0.5, 0.6) is 0 Å². The number of rotatable bonds is 7. The third-order valence-electron chi connectivity index (χ3n) is 11.9. The molecule has 1 saturated heterocycles. The van der Waals surface area contributed by atoms with Crippen molar-refractivity contribution in [2.75, 3.05) is 6.54 Å². The molecule has 3 nitrogen and oxygen atoms in total. The average molecular weight is 484 g/mol. The number of allylic oxidation sites excluding steroid dienone is 1. The van der Waals surface area contributed by atoms with Crippen LogP contribution >= 0.6 is 0 Å². The van der Waals surface area contributed by atoms with Crippen LogP contribution in [0.2, 0.25) is 0 Å². The second-order valence-corrected chi connectivity index (χ2v) is 14.2. The topological polar surface area (TPSA) is 38.3 Å². The largest absolute Gasteiger partial charge is 0.461 e. The minimum Gasteiger partial charge on any atom is -0.461 e. The van der Waals surface area contributed by atoms with E-state index in [1.54, 1.807) is 5.57 Å². The van der Waals surface area contributed by atoms with E-state index in [2.05, 4.69) is 46.0 Å². The molecule has 1 aliphatic heterocycles. The van der Waals surface area contributed by atoms with Crippen molar-refractivity contribution in [2.24, 2.45) is 46.3 Å². The van der Waals surface area contributed by atoms with Crippen molar-refractivity contribution < 1.29 is 9.53 Å². The van der Waals surface area contributed by atoms with Crippen LogP contribution < -0.4 is 5.32 Å². The number of nitrogens with one attached hydrogen (secondary N) is 1. The van der Waals surface area contributed by atoms with Gasteiger partial charge in [0.15, 0.2) is 0 Å². The van der Waals surface area contributed by atoms with E-state index in [0.29, 0.717) is 10.8 Å². The molecule has 0 unspecified atom stereocenters. The first-order chi connectivity index (χ1) is 16.7. The summed E-state index contributed by atoms with van der Waals surface area (Å²) in [6.45, 7) is 13.5. The smallest absolute Gasteiger partial charge is 0.323 e. The molecule has 0 spiro atoms. The summed E-state index contributed by atoms with van der Waals surface area (Å²) in [4.78, 5) is 12.6. The Morgan fingerprint density at radius 2 is 1.89 bits per heavy atom. The third-order valence-corrected chi connectivity index (χ3v) is 11.9. The Morgan fingerprint density at radius 1 is 1.06 bits per heavy atom. The van der Waals surface area contributed by atoms with E-state index in [-0.39, 0.29) is 18.1 Å². The van der Waals surface area contributed by atoms with Gasteiger partial charge in [0.1, 0.15) is 12.1 Å². The third kappa shape index (κ3) is 4.77. The maximum atomic E-state index is 12.6. The van der Waals surface area contributed by atoms with Crippen LogP contribution in [0.15, 0.2) is 11.6 Å². The molecule has 5 rings (SSSR count). The van der Waals surface area contributed by atoms with Crippen molar-refractivity contribution in [1.29, 1.82) is 0 Å². The van der Waals surface area contributed by atoms with Gasteiger partial charge in [0, 0.05) is 6.42 Å². The van der Waals surface area contributed by atoms with Gasteiger partial charge >= 0.3 is 5.97 Å². The van der Waals surface area contributed by atoms with Crippen LogP contribution in [-0.4, -0.2) is 24.7 Å². The Morgan fingerprint density at radius 3 is 2.63 bits per heavy atom. The van der Waals surface area contributed by atoms with E-state index in [9.17, 15) is 4.79 Å². The Labute approximate surface area is 215 Å². The van der Waals surface area contributed by atoms with Gasteiger partial charge in [-0.05, 0) is 111 Å². The van der Waals surface area contributed by atoms with Gasteiger partial charge < -0.3 is 10.1 Å². The number of esters is 1. The number of fused-ring (bicyclic) bond motifs is 5. The number of carbonyl (C=O) groups is 1. The minimum atomic E-state index is -0.0628. The SMILES string of the molecule is CC(C)CCC[C@@H](C)[C@H]1CC[C@H]2[C@@H]3CC=C4C[C@@H](OC(=O)[C@@H]5CCCN5)CC[C@]4(C)[C@H]3CC[C@]12C. The van der Waals surface area contributed by atoms with E-state index >= 15 is 0 Å². The van der Waals surface area contributed by atoms with Gasteiger partial charge in [-0.25, -0.2) is 0 Å². The number of ether oxygens (including phenoxy) is 1. The highest BCUT2D eigenvalue weighted by molar-refractivity contribution is 5.76. The molecule has 198 valence electrons. The Bertz CT molecular complexity index is 797. The highest BCUT2D eigenvalue weighted by Crippen LogP contribution is 2.67. The summed E-state index contributed by atoms with van der Waals surface area (Å²) in [5.74, 6) is 5.27. The lowest BCUT2D eigenvalue weighted by molar-refractivity contribution is -0.153. The standard InChI is InChI=1S/C32H53NO2/c1-21(2)8-6-9-22(3)26-13-14-27-25-12-11-23-20-24(35-30(34)29-10-7-19-33-29)15-17-31(23,4)28(25)16-18-32(26,27)5/h11,21-22,24-29,33H,6-10,12-20H2,1-5H3/t22-,24+,25+,26-,27+,28+,29+,31+,32-/m1/s1. The number of carbonyl (C=O) groups excluding carboxylic acids is 1. The summed E-state index contributed by atoms with van der Waals surface area (Å²) in [5.41, 5.74) is 2.52. The molecule has 9 atom stereocenters. The van der Waals surface area contributed by atoms with E-state index in [0.717, 1.165) is 67.7 Å². The second kappa shape index (κ2) is 10.1. The summed E-state index contributed by atoms with van der Waals surface area (Å²) >= 11 is 0. The van der Waals surface area contributed by atoms with Crippen molar-refractivity contribution in [1.82, 2.24) is 5.32 Å². The van der Waals surface area contributed by atoms with Crippen LogP contribution in [0, 0.1) is 46.3 Å². The summed E-state index contributed by atoms with van der Waals surface area (Å²) < 4.78 is 6.04. The fourth-order valence-electron chi connectivity index (χ4n) is 9.88. The Hall–Kier alpha value is -0.830. The molecule has 0 aromatic carbocycles. The highest BCUT2D eigenvalue weighted by Gasteiger charge is 2.59. The molecule has 0 radical (unpaired) electrons. The monoisotopic (exact) mass is 483 g/mol. The quantitative estimate of drug-likeness (QED) is 0.298. The molecule has 0 aromatic heterocycles. The van der Waals surface area contributed by atoms with E-state index in [4.69, 9.17) is 4.74 Å². The molecule has 0 aromatic rings. The Kier molecular flexibility index (Phi) is 7.48. The summed E-state index contributed by atoms with van der Waals surface area (Å²) in [7, 11) is 0. The zero-order valence-corrected chi connectivity index (χ0v) is 23.4. The van der Waals surface area contributed by atoms with Crippen molar-refractivity contribution in [3.63, 3.8) is 0 Å². The lowest BCUT2D eigenvalue weighted by atomic mass is 9.47. The predicted molar refractivity (Wildman–Crippen MR) is 144 cm³/mol. The van der Waals surface area contributed by atoms with Gasteiger partial charge in [0.25, 0.3) is 0 Å². The van der Waals surface area contributed by atoms with Gasteiger partial charge in [-0.3, -0.25) is 4.79 Å². The zero-order chi connectivity index (χ0) is 24.8. The maximum absolute atomic E-state index is 12.6. The molecule has 0 bridgehead atoms. The first kappa shape index (κ1) is 25.8. The highest BCUT2D eigenvalue weighted by atomic mass is 16.5. The fraction of sp³-hybridized carbons (Fsp3) is 0.906. The maximum Gasteiger partial charge on any atom is 0.323 e. The fourth-order valence-corrected chi connectivity index (χ4v) is 9.88. The van der Waals surface area contributed by atoms with Gasteiger partial charge in [-0.2, -0.15) is 0 Å². The van der Waals surface area contributed by atoms with Crippen LogP contribution in [0.1, 0.15) is 118 Å². The molecule has 4 aliphatic carbocycles. The van der Waals surface area contributed by atoms with Crippen LogP contribution in [0.3, 0.4) is 0 Å². The lowest BCUT2D eigenvalue weighted by Crippen LogP contribution is -2.51. The summed E-state index contributed by atoms with van der Waals surface area (Å²) in [6.07, 6.45) is 19.3. The normalized spacial score (nSPS) is 43.8. The van der Waals surface area contributed by atoms with E-state index in [1.165, 1.54) is 57.8 Å². The van der Waals surface area contributed by atoms with Gasteiger partial charge in [-0.1, -0.05) is 65.5 Å². The lowest BCUT2D eigenvalue weighted by Gasteiger charge is -2.58. The molecule has 0 amide bonds. The zero-order valence-electron chi connectivity index (χ0n) is 23.4. The number of hydrogen-bond acceptors (Lipinski definition) is 3. The van der Waals surface area contributed by atoms with Crippen molar-refractivity contribution >= 4 is 5.97 Å². The molecule has 5 aliphatic rings. The average Bonchev–Trinajstić information content (AvgIpc) is 3.47. The molecule has 1 N–H and O–H groups in total. The molecular formula is C32H53NO2. The van der Waals surface area contributed by atoms with Crippen molar-refractivity contribution in [3.8, 4) is 0 Å².